The van der Waals surface area contributed by atoms with Crippen LogP contribution in [0.4, 0.5) is 11.4 Å². The van der Waals surface area contributed by atoms with Crippen molar-refractivity contribution in [2.24, 2.45) is 0 Å². The third kappa shape index (κ3) is 6.00. The van der Waals surface area contributed by atoms with Crippen molar-refractivity contribution in [1.29, 1.82) is 0 Å². The van der Waals surface area contributed by atoms with E-state index in [0.29, 0.717) is 17.1 Å². The summed E-state index contributed by atoms with van der Waals surface area (Å²) in [5, 5.41) is 10.7. The van der Waals surface area contributed by atoms with Gasteiger partial charge in [0.15, 0.2) is 0 Å². The van der Waals surface area contributed by atoms with Crippen LogP contribution in [0, 0.1) is 13.8 Å². The van der Waals surface area contributed by atoms with Gasteiger partial charge in [-0.1, -0.05) is 37.4 Å². The number of aryl methyl sites for hydroxylation is 1. The van der Waals surface area contributed by atoms with Gasteiger partial charge in [-0.15, -0.1) is 0 Å². The van der Waals surface area contributed by atoms with Crippen LogP contribution in [-0.4, -0.2) is 40.7 Å². The SMILES string of the molecule is CCCCC(NC(=O)Cn1nc(C)c(Cl)c1C)C(=O)Nc1cccc(N2CCCC2)c1. The van der Waals surface area contributed by atoms with E-state index in [4.69, 9.17) is 11.6 Å². The Morgan fingerprint density at radius 2 is 1.97 bits per heavy atom. The number of aromatic nitrogens is 2. The number of nitrogens with zero attached hydrogens (tertiary/aromatic N) is 3. The molecule has 0 aliphatic carbocycles. The second-order valence-electron chi connectivity index (χ2n) is 8.14. The molecule has 1 aliphatic rings. The molecule has 0 spiro atoms. The molecule has 1 unspecified atom stereocenters. The van der Waals surface area contributed by atoms with Gasteiger partial charge in [-0.2, -0.15) is 5.10 Å². The third-order valence-corrected chi connectivity index (χ3v) is 6.22. The fourth-order valence-electron chi connectivity index (χ4n) is 3.87. The lowest BCUT2D eigenvalue weighted by Crippen LogP contribution is -2.45. The average Bonchev–Trinajstić information content (AvgIpc) is 3.37. The average molecular weight is 446 g/mol. The van der Waals surface area contributed by atoms with E-state index >= 15 is 0 Å². The van der Waals surface area contributed by atoms with Crippen molar-refractivity contribution in [2.45, 2.75) is 65.5 Å². The van der Waals surface area contributed by atoms with Crippen LogP contribution in [0.2, 0.25) is 5.02 Å². The van der Waals surface area contributed by atoms with E-state index in [2.05, 4.69) is 33.6 Å². The normalized spacial score (nSPS) is 14.5. The Balaban J connectivity index is 1.65. The van der Waals surface area contributed by atoms with Crippen LogP contribution in [0.5, 0.6) is 0 Å². The lowest BCUT2D eigenvalue weighted by Gasteiger charge is -2.21. The van der Waals surface area contributed by atoms with Gasteiger partial charge < -0.3 is 15.5 Å². The van der Waals surface area contributed by atoms with E-state index in [1.54, 1.807) is 11.6 Å². The number of rotatable bonds is 9. The summed E-state index contributed by atoms with van der Waals surface area (Å²) >= 11 is 6.17. The van der Waals surface area contributed by atoms with Crippen molar-refractivity contribution < 1.29 is 9.59 Å². The maximum Gasteiger partial charge on any atom is 0.246 e. The van der Waals surface area contributed by atoms with Gasteiger partial charge in [-0.3, -0.25) is 14.3 Å². The van der Waals surface area contributed by atoms with Crippen LogP contribution >= 0.6 is 11.6 Å². The first-order valence-corrected chi connectivity index (χ1v) is 11.4. The van der Waals surface area contributed by atoms with E-state index in [1.807, 2.05) is 25.1 Å². The van der Waals surface area contributed by atoms with Crippen molar-refractivity contribution in [1.82, 2.24) is 15.1 Å². The molecule has 3 rings (SSSR count). The fraction of sp³-hybridized carbons (Fsp3) is 0.522. The number of amides is 2. The number of benzene rings is 1. The summed E-state index contributed by atoms with van der Waals surface area (Å²) in [7, 11) is 0. The van der Waals surface area contributed by atoms with Crippen LogP contribution in [0.15, 0.2) is 24.3 Å². The van der Waals surface area contributed by atoms with Crippen LogP contribution in [0.25, 0.3) is 0 Å². The summed E-state index contributed by atoms with van der Waals surface area (Å²) in [6.07, 6.45) is 4.76. The number of nitrogens with one attached hydrogen (secondary N) is 2. The van der Waals surface area contributed by atoms with E-state index in [9.17, 15) is 9.59 Å². The molecular weight excluding hydrogens is 414 g/mol. The number of hydrogen-bond donors (Lipinski definition) is 2. The molecule has 1 aromatic carbocycles. The maximum atomic E-state index is 13.0. The number of unbranched alkanes of at least 4 members (excludes halogenated alkanes) is 1. The van der Waals surface area contributed by atoms with Gasteiger partial charge in [-0.05, 0) is 51.3 Å². The van der Waals surface area contributed by atoms with Crippen LogP contribution < -0.4 is 15.5 Å². The molecule has 2 N–H and O–H groups in total. The molecule has 0 saturated carbocycles. The topological polar surface area (TPSA) is 79.3 Å². The molecule has 2 amide bonds. The number of anilines is 2. The van der Waals surface area contributed by atoms with Crippen molar-refractivity contribution in [3.05, 3.63) is 40.7 Å². The number of carbonyl (C=O) groups excluding carboxylic acids is 2. The second-order valence-corrected chi connectivity index (χ2v) is 8.52. The van der Waals surface area contributed by atoms with Gasteiger partial charge in [-0.25, -0.2) is 0 Å². The van der Waals surface area contributed by atoms with Crippen molar-refractivity contribution >= 4 is 34.8 Å². The number of carbonyl (C=O) groups is 2. The van der Waals surface area contributed by atoms with Crippen molar-refractivity contribution in [2.75, 3.05) is 23.3 Å². The molecule has 7 nitrogen and oxygen atoms in total. The first kappa shape index (κ1) is 23.1. The summed E-state index contributed by atoms with van der Waals surface area (Å²) < 4.78 is 1.57. The highest BCUT2D eigenvalue weighted by atomic mass is 35.5. The summed E-state index contributed by atoms with van der Waals surface area (Å²) in [5.41, 5.74) is 3.29. The molecule has 1 aromatic heterocycles. The van der Waals surface area contributed by atoms with Gasteiger partial charge >= 0.3 is 0 Å². The first-order valence-electron chi connectivity index (χ1n) is 11.0. The highest BCUT2D eigenvalue weighted by Gasteiger charge is 2.22. The lowest BCUT2D eigenvalue weighted by molar-refractivity contribution is -0.127. The molecule has 0 radical (unpaired) electrons. The molecule has 2 aromatic rings. The zero-order valence-corrected chi connectivity index (χ0v) is 19.3. The molecule has 31 heavy (non-hydrogen) atoms. The van der Waals surface area contributed by atoms with Gasteiger partial charge in [0.2, 0.25) is 11.8 Å². The van der Waals surface area contributed by atoms with E-state index in [-0.39, 0.29) is 18.4 Å². The largest absolute Gasteiger partial charge is 0.371 e. The highest BCUT2D eigenvalue weighted by Crippen LogP contribution is 2.23. The lowest BCUT2D eigenvalue weighted by atomic mass is 10.1. The zero-order chi connectivity index (χ0) is 22.4. The van der Waals surface area contributed by atoms with Gasteiger partial charge in [0, 0.05) is 24.5 Å². The quantitative estimate of drug-likeness (QED) is 0.609. The standard InChI is InChI=1S/C23H32ClN5O2/c1-4-5-11-20(26-21(30)15-29-17(3)22(24)16(2)27-29)23(31)25-18-9-8-10-19(14-18)28-12-6-7-13-28/h8-10,14,20H,4-7,11-13,15H2,1-3H3,(H,25,31)(H,26,30). The maximum absolute atomic E-state index is 13.0. The summed E-state index contributed by atoms with van der Waals surface area (Å²) in [6, 6.07) is 7.30. The Morgan fingerprint density at radius 1 is 1.23 bits per heavy atom. The van der Waals surface area contributed by atoms with Gasteiger partial charge in [0.05, 0.1) is 16.4 Å². The molecule has 1 aliphatic heterocycles. The van der Waals surface area contributed by atoms with Crippen LogP contribution in [-0.2, 0) is 16.1 Å². The Labute approximate surface area is 189 Å². The van der Waals surface area contributed by atoms with E-state index in [1.165, 1.54) is 12.8 Å². The molecule has 1 atom stereocenters. The summed E-state index contributed by atoms with van der Waals surface area (Å²) in [4.78, 5) is 27.9. The first-order chi connectivity index (χ1) is 14.9. The second kappa shape index (κ2) is 10.7. The highest BCUT2D eigenvalue weighted by molar-refractivity contribution is 6.31. The zero-order valence-electron chi connectivity index (χ0n) is 18.6. The predicted molar refractivity (Wildman–Crippen MR) is 125 cm³/mol. The molecule has 168 valence electrons. The minimum absolute atomic E-state index is 0.0275. The molecule has 0 bridgehead atoms. The predicted octanol–water partition coefficient (Wildman–Crippen LogP) is 4.07. The van der Waals surface area contributed by atoms with E-state index in [0.717, 1.165) is 43.0 Å². The van der Waals surface area contributed by atoms with Crippen LogP contribution in [0.1, 0.15) is 50.4 Å². The molecule has 1 saturated heterocycles. The minimum Gasteiger partial charge on any atom is -0.371 e. The molecular formula is C23H32ClN5O2. The Kier molecular flexibility index (Phi) is 7.96. The monoisotopic (exact) mass is 445 g/mol. The molecule has 1 fully saturated rings. The molecule has 8 heteroatoms. The summed E-state index contributed by atoms with van der Waals surface area (Å²) in [5.74, 6) is -0.462. The Morgan fingerprint density at radius 3 is 2.61 bits per heavy atom. The third-order valence-electron chi connectivity index (χ3n) is 5.67. The van der Waals surface area contributed by atoms with Crippen molar-refractivity contribution in [3.63, 3.8) is 0 Å². The van der Waals surface area contributed by atoms with Crippen LogP contribution in [0.3, 0.4) is 0 Å². The number of halogens is 1. The minimum atomic E-state index is -0.602. The Bertz CT molecular complexity index is 921. The number of hydrogen-bond acceptors (Lipinski definition) is 4. The Hall–Kier alpha value is -2.54. The fourth-order valence-corrected chi connectivity index (χ4v) is 4.00. The van der Waals surface area contributed by atoms with Gasteiger partial charge in [0.25, 0.3) is 0 Å². The smallest absolute Gasteiger partial charge is 0.246 e. The van der Waals surface area contributed by atoms with E-state index < -0.39 is 6.04 Å². The summed E-state index contributed by atoms with van der Waals surface area (Å²) in [6.45, 7) is 7.81. The van der Waals surface area contributed by atoms with Gasteiger partial charge in [0.1, 0.15) is 12.6 Å². The van der Waals surface area contributed by atoms with Crippen molar-refractivity contribution in [3.8, 4) is 0 Å². The molecule has 2 heterocycles.